The van der Waals surface area contributed by atoms with Crippen molar-refractivity contribution in [3.05, 3.63) is 71.3 Å². The van der Waals surface area contributed by atoms with Gasteiger partial charge in [-0.05, 0) is 43.0 Å². The summed E-state index contributed by atoms with van der Waals surface area (Å²) >= 11 is 0. The van der Waals surface area contributed by atoms with Crippen LogP contribution in [0.25, 0.3) is 0 Å². The smallest absolute Gasteiger partial charge is 0.253 e. The molecule has 0 radical (unpaired) electrons. The third-order valence-electron chi connectivity index (χ3n) is 5.09. The first kappa shape index (κ1) is 20.0. The Labute approximate surface area is 165 Å². The third kappa shape index (κ3) is 4.97. The van der Waals surface area contributed by atoms with Gasteiger partial charge in [0.2, 0.25) is 0 Å². The molecule has 2 amide bonds. The summed E-state index contributed by atoms with van der Waals surface area (Å²) in [5.41, 5.74) is 7.53. The van der Waals surface area contributed by atoms with E-state index < -0.39 is 12.1 Å². The fraction of sp³-hybridized carbons (Fsp3) is 0.364. The first-order chi connectivity index (χ1) is 13.6. The molecular weight excluding hydrogens is 354 g/mol. The predicted octanol–water partition coefficient (Wildman–Crippen LogP) is 1.58. The summed E-state index contributed by atoms with van der Waals surface area (Å²) in [6.07, 6.45) is 1.64. The fourth-order valence-electron chi connectivity index (χ4n) is 3.46. The van der Waals surface area contributed by atoms with Crippen molar-refractivity contribution in [2.24, 2.45) is 5.73 Å². The predicted molar refractivity (Wildman–Crippen MR) is 108 cm³/mol. The first-order valence-electron chi connectivity index (χ1n) is 9.70. The van der Waals surface area contributed by atoms with E-state index in [0.717, 1.165) is 31.5 Å². The molecule has 0 aliphatic carbocycles. The number of benzene rings is 2. The minimum Gasteiger partial charge on any atom is -0.390 e. The maximum Gasteiger partial charge on any atom is 0.253 e. The average Bonchev–Trinajstić information content (AvgIpc) is 3.28. The Morgan fingerprint density at radius 2 is 1.71 bits per heavy atom. The summed E-state index contributed by atoms with van der Waals surface area (Å²) in [4.78, 5) is 27.2. The van der Waals surface area contributed by atoms with E-state index in [4.69, 9.17) is 5.73 Å². The van der Waals surface area contributed by atoms with Crippen LogP contribution in [0.5, 0.6) is 0 Å². The van der Waals surface area contributed by atoms with Gasteiger partial charge in [0.25, 0.3) is 11.8 Å². The average molecular weight is 381 g/mol. The summed E-state index contributed by atoms with van der Waals surface area (Å²) in [7, 11) is 0. The number of aliphatic hydroxyl groups excluding tert-OH is 1. The zero-order valence-electron chi connectivity index (χ0n) is 15.9. The standard InChI is InChI=1S/C22H27N3O3/c23-15-20(26)19(13-16-7-2-1-3-8-16)24-21(27)17-9-6-10-18(14-17)22(28)25-11-4-5-12-25/h1-3,6-10,14,19-20,26H,4-5,11-13,15,23H2,(H,24,27)/t19-,20+/m0/s1. The SMILES string of the molecule is NC[C@@H](O)[C@H](Cc1ccccc1)NC(=O)c1cccc(C(=O)N2CCCC2)c1. The van der Waals surface area contributed by atoms with Gasteiger partial charge < -0.3 is 21.1 Å². The number of amides is 2. The lowest BCUT2D eigenvalue weighted by molar-refractivity contribution is 0.0792. The molecule has 1 heterocycles. The van der Waals surface area contributed by atoms with Crippen LogP contribution in [0.1, 0.15) is 39.1 Å². The van der Waals surface area contributed by atoms with Gasteiger partial charge in [-0.3, -0.25) is 9.59 Å². The minimum absolute atomic E-state index is 0.0463. The highest BCUT2D eigenvalue weighted by atomic mass is 16.3. The Morgan fingerprint density at radius 3 is 2.39 bits per heavy atom. The van der Waals surface area contributed by atoms with E-state index in [1.807, 2.05) is 35.2 Å². The lowest BCUT2D eigenvalue weighted by Gasteiger charge is -2.23. The van der Waals surface area contributed by atoms with Crippen LogP contribution >= 0.6 is 0 Å². The molecule has 3 rings (SSSR count). The topological polar surface area (TPSA) is 95.7 Å². The Bertz CT molecular complexity index is 804. The van der Waals surface area contributed by atoms with E-state index in [9.17, 15) is 14.7 Å². The molecule has 0 bridgehead atoms. The number of carbonyl (C=O) groups excluding carboxylic acids is 2. The fourth-order valence-corrected chi connectivity index (χ4v) is 3.46. The zero-order valence-corrected chi connectivity index (χ0v) is 15.9. The maximum atomic E-state index is 12.8. The van der Waals surface area contributed by atoms with Crippen molar-refractivity contribution >= 4 is 11.8 Å². The van der Waals surface area contributed by atoms with Crippen LogP contribution < -0.4 is 11.1 Å². The molecular formula is C22H27N3O3. The van der Waals surface area contributed by atoms with Gasteiger partial charge in [0, 0.05) is 30.8 Å². The maximum absolute atomic E-state index is 12.8. The summed E-state index contributed by atoms with van der Waals surface area (Å²) < 4.78 is 0. The van der Waals surface area contributed by atoms with E-state index >= 15 is 0 Å². The van der Waals surface area contributed by atoms with Gasteiger partial charge in [-0.1, -0.05) is 36.4 Å². The summed E-state index contributed by atoms with van der Waals surface area (Å²) in [6.45, 7) is 1.57. The van der Waals surface area contributed by atoms with Crippen molar-refractivity contribution in [3.8, 4) is 0 Å². The number of carbonyl (C=O) groups is 2. The van der Waals surface area contributed by atoms with Crippen LogP contribution in [0.4, 0.5) is 0 Å². The van der Waals surface area contributed by atoms with Crippen molar-refractivity contribution in [1.29, 1.82) is 0 Å². The Kier molecular flexibility index (Phi) is 6.79. The Balaban J connectivity index is 1.72. The molecule has 148 valence electrons. The van der Waals surface area contributed by atoms with Crippen LogP contribution in [0, 0.1) is 0 Å². The molecule has 1 saturated heterocycles. The highest BCUT2D eigenvalue weighted by Crippen LogP contribution is 2.15. The molecule has 2 aromatic rings. The van der Waals surface area contributed by atoms with Gasteiger partial charge >= 0.3 is 0 Å². The monoisotopic (exact) mass is 381 g/mol. The number of likely N-dealkylation sites (tertiary alicyclic amines) is 1. The lowest BCUT2D eigenvalue weighted by atomic mass is 10.0. The normalized spacial score (nSPS) is 15.9. The van der Waals surface area contributed by atoms with E-state index in [1.54, 1.807) is 24.3 Å². The number of nitrogens with one attached hydrogen (secondary N) is 1. The van der Waals surface area contributed by atoms with E-state index in [2.05, 4.69) is 5.32 Å². The number of nitrogens with two attached hydrogens (primary N) is 1. The highest BCUT2D eigenvalue weighted by Gasteiger charge is 2.23. The summed E-state index contributed by atoms with van der Waals surface area (Å²) in [5.74, 6) is -0.375. The van der Waals surface area contributed by atoms with Gasteiger partial charge in [0.15, 0.2) is 0 Å². The quantitative estimate of drug-likeness (QED) is 0.679. The first-order valence-corrected chi connectivity index (χ1v) is 9.70. The molecule has 2 aromatic carbocycles. The van der Waals surface area contributed by atoms with E-state index in [-0.39, 0.29) is 18.4 Å². The van der Waals surface area contributed by atoms with Gasteiger partial charge in [-0.25, -0.2) is 0 Å². The number of hydrogen-bond acceptors (Lipinski definition) is 4. The molecule has 0 aromatic heterocycles. The van der Waals surface area contributed by atoms with Gasteiger partial charge in [-0.2, -0.15) is 0 Å². The summed E-state index contributed by atoms with van der Waals surface area (Å²) in [5, 5.41) is 13.1. The van der Waals surface area contributed by atoms with Gasteiger partial charge in [0.05, 0.1) is 12.1 Å². The van der Waals surface area contributed by atoms with Gasteiger partial charge in [0.1, 0.15) is 0 Å². The summed E-state index contributed by atoms with van der Waals surface area (Å²) in [6, 6.07) is 15.8. The highest BCUT2D eigenvalue weighted by molar-refractivity contribution is 5.99. The van der Waals surface area contributed by atoms with Crippen LogP contribution in [0.3, 0.4) is 0 Å². The molecule has 1 aliphatic rings. The number of rotatable bonds is 7. The van der Waals surface area contributed by atoms with Crippen LogP contribution in [0.15, 0.2) is 54.6 Å². The number of hydrogen-bond donors (Lipinski definition) is 3. The second-order valence-electron chi connectivity index (χ2n) is 7.15. The lowest BCUT2D eigenvalue weighted by Crippen LogP contribution is -2.47. The van der Waals surface area contributed by atoms with Gasteiger partial charge in [-0.15, -0.1) is 0 Å². The molecule has 4 N–H and O–H groups in total. The van der Waals surface area contributed by atoms with Crippen molar-refractivity contribution < 1.29 is 14.7 Å². The van der Waals surface area contributed by atoms with Crippen LogP contribution in [-0.4, -0.2) is 53.6 Å². The molecule has 0 saturated carbocycles. The molecule has 6 nitrogen and oxygen atoms in total. The van der Waals surface area contributed by atoms with Crippen molar-refractivity contribution in [2.45, 2.75) is 31.4 Å². The third-order valence-corrected chi connectivity index (χ3v) is 5.09. The number of nitrogens with zero attached hydrogens (tertiary/aromatic N) is 1. The largest absolute Gasteiger partial charge is 0.390 e. The van der Waals surface area contributed by atoms with E-state index in [0.29, 0.717) is 17.5 Å². The minimum atomic E-state index is -0.862. The van der Waals surface area contributed by atoms with Crippen molar-refractivity contribution in [2.75, 3.05) is 19.6 Å². The molecule has 1 fully saturated rings. The van der Waals surface area contributed by atoms with E-state index in [1.165, 1.54) is 0 Å². The Morgan fingerprint density at radius 1 is 1.04 bits per heavy atom. The second-order valence-corrected chi connectivity index (χ2v) is 7.15. The molecule has 1 aliphatic heterocycles. The molecule has 28 heavy (non-hydrogen) atoms. The molecule has 2 atom stereocenters. The van der Waals surface area contributed by atoms with Crippen molar-refractivity contribution in [3.63, 3.8) is 0 Å². The second kappa shape index (κ2) is 9.48. The zero-order chi connectivity index (χ0) is 19.9. The Hall–Kier alpha value is -2.70. The van der Waals surface area contributed by atoms with Crippen LogP contribution in [0.2, 0.25) is 0 Å². The number of aliphatic hydroxyl groups is 1. The van der Waals surface area contributed by atoms with Crippen LogP contribution in [-0.2, 0) is 6.42 Å². The molecule has 0 spiro atoms. The van der Waals surface area contributed by atoms with Crippen molar-refractivity contribution in [1.82, 2.24) is 10.2 Å². The molecule has 0 unspecified atom stereocenters. The molecule has 6 heteroatoms.